The molecule has 0 heterocycles. The second kappa shape index (κ2) is 4.51. The number of benzene rings is 1. The first kappa shape index (κ1) is 11.1. The molecule has 0 bridgehead atoms. The molecule has 0 spiro atoms. The van der Waals surface area contributed by atoms with E-state index in [0.29, 0.717) is 12.1 Å². The molecule has 1 amide bonds. The van der Waals surface area contributed by atoms with Crippen molar-refractivity contribution in [2.45, 2.75) is 0 Å². The number of carbonyl (C=O) groups is 1. The van der Waals surface area contributed by atoms with E-state index in [-0.39, 0.29) is 12.1 Å². The van der Waals surface area contributed by atoms with Gasteiger partial charge in [0.25, 0.3) is 5.91 Å². The predicted molar refractivity (Wildman–Crippen MR) is 47.5 cm³/mol. The van der Waals surface area contributed by atoms with Crippen LogP contribution in [-0.4, -0.2) is 12.5 Å². The van der Waals surface area contributed by atoms with Gasteiger partial charge in [-0.1, -0.05) is 5.92 Å². The van der Waals surface area contributed by atoms with Crippen LogP contribution in [0, 0.1) is 29.8 Å². The molecule has 0 saturated heterocycles. The average molecular weight is 213 g/mol. The zero-order valence-corrected chi connectivity index (χ0v) is 7.48. The minimum Gasteiger partial charge on any atom is -0.341 e. The summed E-state index contributed by atoms with van der Waals surface area (Å²) in [6, 6.07) is 1.20. The van der Waals surface area contributed by atoms with Crippen LogP contribution in [0.1, 0.15) is 10.4 Å². The molecule has 0 atom stereocenters. The highest BCUT2D eigenvalue weighted by Crippen LogP contribution is 2.13. The molecule has 1 N–H and O–H groups in total. The Morgan fingerprint density at radius 3 is 2.33 bits per heavy atom. The van der Waals surface area contributed by atoms with E-state index in [0.717, 1.165) is 0 Å². The number of rotatable bonds is 2. The summed E-state index contributed by atoms with van der Waals surface area (Å²) in [5, 5.41) is 2.19. The molecule has 0 aliphatic rings. The Bertz CT molecular complexity index is 414. The molecule has 2 nitrogen and oxygen atoms in total. The van der Waals surface area contributed by atoms with Crippen molar-refractivity contribution >= 4 is 5.91 Å². The fourth-order valence-electron chi connectivity index (χ4n) is 0.920. The summed E-state index contributed by atoms with van der Waals surface area (Å²) >= 11 is 0. The summed E-state index contributed by atoms with van der Waals surface area (Å²) in [7, 11) is 0. The molecule has 0 unspecified atom stereocenters. The van der Waals surface area contributed by atoms with Crippen LogP contribution in [0.15, 0.2) is 12.1 Å². The summed E-state index contributed by atoms with van der Waals surface area (Å²) < 4.78 is 37.9. The van der Waals surface area contributed by atoms with E-state index >= 15 is 0 Å². The van der Waals surface area contributed by atoms with Crippen molar-refractivity contribution in [2.24, 2.45) is 0 Å². The summed E-state index contributed by atoms with van der Waals surface area (Å²) in [6.45, 7) is -0.0700. The van der Waals surface area contributed by atoms with Gasteiger partial charge in [0.15, 0.2) is 17.5 Å². The number of terminal acetylenes is 1. The summed E-state index contributed by atoms with van der Waals surface area (Å²) in [6.07, 6.45) is 4.87. The lowest BCUT2D eigenvalue weighted by Crippen LogP contribution is -2.23. The Labute approximate surface area is 84.1 Å². The third-order valence-corrected chi connectivity index (χ3v) is 1.60. The SMILES string of the molecule is C#CCNC(=O)c1cc(F)c(F)c(F)c1. The largest absolute Gasteiger partial charge is 0.341 e. The highest BCUT2D eigenvalue weighted by molar-refractivity contribution is 5.94. The van der Waals surface area contributed by atoms with Crippen LogP contribution in [-0.2, 0) is 0 Å². The summed E-state index contributed by atoms with van der Waals surface area (Å²) in [4.78, 5) is 11.2. The van der Waals surface area contributed by atoms with E-state index < -0.39 is 23.4 Å². The normalized spacial score (nSPS) is 9.47. The molecule has 0 aliphatic heterocycles. The first-order chi connectivity index (χ1) is 7.06. The van der Waals surface area contributed by atoms with Crippen molar-refractivity contribution < 1.29 is 18.0 Å². The lowest BCUT2D eigenvalue weighted by atomic mass is 10.2. The van der Waals surface area contributed by atoms with E-state index in [9.17, 15) is 18.0 Å². The Hall–Kier alpha value is -1.96. The standard InChI is InChI=1S/C10H6F3NO/c1-2-3-14-10(15)6-4-7(11)9(13)8(12)5-6/h1,4-5H,3H2,(H,14,15). The molecule has 0 aliphatic carbocycles. The topological polar surface area (TPSA) is 29.1 Å². The minimum absolute atomic E-state index is 0.0700. The predicted octanol–water partition coefficient (Wildman–Crippen LogP) is 1.47. The molecule has 0 aromatic heterocycles. The van der Waals surface area contributed by atoms with Gasteiger partial charge in [-0.3, -0.25) is 4.79 Å². The Balaban J connectivity index is 2.97. The molecule has 5 heteroatoms. The molecular weight excluding hydrogens is 207 g/mol. The Kier molecular flexibility index (Phi) is 3.34. The van der Waals surface area contributed by atoms with Gasteiger partial charge in [-0.15, -0.1) is 6.42 Å². The Morgan fingerprint density at radius 1 is 1.33 bits per heavy atom. The zero-order chi connectivity index (χ0) is 11.4. The van der Waals surface area contributed by atoms with Crippen LogP contribution in [0.3, 0.4) is 0 Å². The average Bonchev–Trinajstić information content (AvgIpc) is 2.21. The van der Waals surface area contributed by atoms with Crippen molar-refractivity contribution in [1.82, 2.24) is 5.32 Å². The van der Waals surface area contributed by atoms with E-state index in [1.54, 1.807) is 0 Å². The second-order valence-electron chi connectivity index (χ2n) is 2.64. The minimum atomic E-state index is -1.61. The van der Waals surface area contributed by atoms with Gasteiger partial charge in [-0.25, -0.2) is 13.2 Å². The van der Waals surface area contributed by atoms with E-state index in [4.69, 9.17) is 6.42 Å². The van der Waals surface area contributed by atoms with Gasteiger partial charge < -0.3 is 5.32 Å². The third-order valence-electron chi connectivity index (χ3n) is 1.60. The summed E-state index contributed by atoms with van der Waals surface area (Å²) in [5.41, 5.74) is -0.318. The third kappa shape index (κ3) is 2.50. The monoisotopic (exact) mass is 213 g/mol. The number of halogens is 3. The van der Waals surface area contributed by atoms with Gasteiger partial charge in [-0.05, 0) is 12.1 Å². The molecule has 78 valence electrons. The maximum absolute atomic E-state index is 12.7. The van der Waals surface area contributed by atoms with Crippen molar-refractivity contribution in [1.29, 1.82) is 0 Å². The number of carbonyl (C=O) groups excluding carboxylic acids is 1. The van der Waals surface area contributed by atoms with Crippen molar-refractivity contribution in [2.75, 3.05) is 6.54 Å². The molecule has 15 heavy (non-hydrogen) atoms. The first-order valence-electron chi connectivity index (χ1n) is 3.92. The van der Waals surface area contributed by atoms with E-state index in [1.807, 2.05) is 0 Å². The number of nitrogens with one attached hydrogen (secondary N) is 1. The van der Waals surface area contributed by atoms with Gasteiger partial charge in [0.1, 0.15) is 0 Å². The molecule has 1 rings (SSSR count). The fraction of sp³-hybridized carbons (Fsp3) is 0.100. The van der Waals surface area contributed by atoms with E-state index in [1.165, 1.54) is 0 Å². The van der Waals surface area contributed by atoms with Crippen LogP contribution in [0.5, 0.6) is 0 Å². The smallest absolute Gasteiger partial charge is 0.252 e. The Morgan fingerprint density at radius 2 is 1.87 bits per heavy atom. The molecule has 0 saturated carbocycles. The van der Waals surface area contributed by atoms with Crippen molar-refractivity contribution in [3.05, 3.63) is 35.1 Å². The molecule has 1 aromatic carbocycles. The maximum atomic E-state index is 12.7. The van der Waals surface area contributed by atoms with Crippen molar-refractivity contribution in [3.8, 4) is 12.3 Å². The highest BCUT2D eigenvalue weighted by Gasteiger charge is 2.14. The van der Waals surface area contributed by atoms with Crippen LogP contribution < -0.4 is 5.32 Å². The van der Waals surface area contributed by atoms with Gasteiger partial charge in [-0.2, -0.15) is 0 Å². The second-order valence-corrected chi connectivity index (χ2v) is 2.64. The lowest BCUT2D eigenvalue weighted by molar-refractivity contribution is 0.0957. The fourth-order valence-corrected chi connectivity index (χ4v) is 0.920. The summed E-state index contributed by atoms with van der Waals surface area (Å²) in [5.74, 6) is -3.08. The van der Waals surface area contributed by atoms with Crippen LogP contribution in [0.25, 0.3) is 0 Å². The van der Waals surface area contributed by atoms with Gasteiger partial charge in [0, 0.05) is 5.56 Å². The molecule has 0 fully saturated rings. The van der Waals surface area contributed by atoms with Gasteiger partial charge in [0.2, 0.25) is 0 Å². The first-order valence-corrected chi connectivity index (χ1v) is 3.92. The number of hydrogen-bond acceptors (Lipinski definition) is 1. The van der Waals surface area contributed by atoms with Crippen molar-refractivity contribution in [3.63, 3.8) is 0 Å². The quantitative estimate of drug-likeness (QED) is 0.585. The number of amides is 1. The molecule has 1 aromatic rings. The van der Waals surface area contributed by atoms with E-state index in [2.05, 4.69) is 11.2 Å². The van der Waals surface area contributed by atoms with Crippen LogP contribution >= 0.6 is 0 Å². The highest BCUT2D eigenvalue weighted by atomic mass is 19.2. The number of hydrogen-bond donors (Lipinski definition) is 1. The zero-order valence-electron chi connectivity index (χ0n) is 7.48. The molecule has 0 radical (unpaired) electrons. The van der Waals surface area contributed by atoms with Gasteiger partial charge >= 0.3 is 0 Å². The van der Waals surface area contributed by atoms with Gasteiger partial charge in [0.05, 0.1) is 6.54 Å². The van der Waals surface area contributed by atoms with Crippen LogP contribution in [0.2, 0.25) is 0 Å². The maximum Gasteiger partial charge on any atom is 0.252 e. The molecular formula is C10H6F3NO. The van der Waals surface area contributed by atoms with Crippen LogP contribution in [0.4, 0.5) is 13.2 Å². The lowest BCUT2D eigenvalue weighted by Gasteiger charge is -2.02.